The number of fused-ring (bicyclic) bond motifs is 5. The van der Waals surface area contributed by atoms with E-state index in [0.29, 0.717) is 23.0 Å². The molecule has 0 spiro atoms. The van der Waals surface area contributed by atoms with Crippen molar-refractivity contribution >= 4 is 10.8 Å². The fourth-order valence-electron chi connectivity index (χ4n) is 7.08. The first-order valence-electron chi connectivity index (χ1n) is 16.6. The van der Waals surface area contributed by atoms with Crippen LogP contribution in [0.1, 0.15) is 11.1 Å². The van der Waals surface area contributed by atoms with Gasteiger partial charge in [0.25, 0.3) is 0 Å². The normalized spacial score (nSPS) is 14.3. The Morgan fingerprint density at radius 3 is 1.78 bits per heavy atom. The fraction of sp³-hybridized carbons (Fsp3) is 0.0222. The summed E-state index contributed by atoms with van der Waals surface area (Å²) in [7, 11) is 0. The Balaban J connectivity index is 1.27. The van der Waals surface area contributed by atoms with Gasteiger partial charge in [-0.25, -0.2) is 21.5 Å². The van der Waals surface area contributed by atoms with Gasteiger partial charge in [0.2, 0.25) is 0 Å². The lowest BCUT2D eigenvalue weighted by Crippen LogP contribution is -2.17. The second-order valence-electron chi connectivity index (χ2n) is 12.5. The number of rotatable bonds is 5. The van der Waals surface area contributed by atoms with Crippen molar-refractivity contribution in [2.75, 3.05) is 0 Å². The Hall–Kier alpha value is -7.28. The van der Waals surface area contributed by atoms with Crippen LogP contribution in [0.15, 0.2) is 158 Å². The fourth-order valence-corrected chi connectivity index (χ4v) is 7.08. The van der Waals surface area contributed by atoms with Gasteiger partial charge in [0.1, 0.15) is 0 Å². The molecule has 1 atom stereocenters. The van der Waals surface area contributed by atoms with E-state index in [4.69, 9.17) is 21.5 Å². The highest BCUT2D eigenvalue weighted by Crippen LogP contribution is 2.53. The molecule has 2 aromatic heterocycles. The van der Waals surface area contributed by atoms with Gasteiger partial charge in [-0.3, -0.25) is 9.83 Å². The summed E-state index contributed by atoms with van der Waals surface area (Å²) in [4.78, 5) is 23.3. The number of hydrogen-bond acceptors (Lipinski definition) is 5. The van der Waals surface area contributed by atoms with Crippen LogP contribution in [0.5, 0.6) is 0 Å². The SMILES string of the molecule is [C-]#[N+]C1(C#N)c2cc(-c3cc(-c4cccnc4)cc(-c4nc(-c5ccccc5)nc(-c5ccccc5)n4)c3)ccc2-c2c1ccc1ccccc21. The second-order valence-corrected chi connectivity index (χ2v) is 12.5. The summed E-state index contributed by atoms with van der Waals surface area (Å²) in [5, 5.41) is 12.8. The van der Waals surface area contributed by atoms with Crippen LogP contribution in [0.2, 0.25) is 0 Å². The summed E-state index contributed by atoms with van der Waals surface area (Å²) >= 11 is 0. The Morgan fingerprint density at radius 1 is 0.529 bits per heavy atom. The quantitative estimate of drug-likeness (QED) is 0.173. The number of nitriles is 1. The van der Waals surface area contributed by atoms with Crippen molar-refractivity contribution in [2.45, 2.75) is 5.54 Å². The minimum absolute atomic E-state index is 0.530. The molecule has 8 aromatic rings. The summed E-state index contributed by atoms with van der Waals surface area (Å²) < 4.78 is 0. The van der Waals surface area contributed by atoms with Crippen molar-refractivity contribution in [1.29, 1.82) is 5.26 Å². The maximum absolute atomic E-state index is 10.7. The predicted molar refractivity (Wildman–Crippen MR) is 201 cm³/mol. The molecule has 1 aliphatic carbocycles. The Bertz CT molecular complexity index is 2640. The smallest absolute Gasteiger partial charge is 0.283 e. The highest BCUT2D eigenvalue weighted by atomic mass is 15.0. The number of benzene rings is 6. The molecule has 0 N–H and O–H groups in total. The molecule has 0 saturated carbocycles. The zero-order chi connectivity index (χ0) is 34.4. The average molecular weight is 651 g/mol. The maximum atomic E-state index is 10.7. The monoisotopic (exact) mass is 650 g/mol. The lowest BCUT2D eigenvalue weighted by Gasteiger charge is -2.14. The predicted octanol–water partition coefficient (Wildman–Crippen LogP) is 10.4. The molecule has 6 aromatic carbocycles. The summed E-state index contributed by atoms with van der Waals surface area (Å²) in [6.07, 6.45) is 3.59. The van der Waals surface area contributed by atoms with Crippen LogP contribution in [0.25, 0.3) is 83.2 Å². The first-order chi connectivity index (χ1) is 25.1. The van der Waals surface area contributed by atoms with Crippen LogP contribution in [0.3, 0.4) is 0 Å². The minimum atomic E-state index is -1.46. The average Bonchev–Trinajstić information content (AvgIpc) is 3.51. The van der Waals surface area contributed by atoms with Crippen LogP contribution >= 0.6 is 0 Å². The van der Waals surface area contributed by atoms with E-state index in [2.05, 4.69) is 58.4 Å². The van der Waals surface area contributed by atoms with E-state index in [1.807, 2.05) is 109 Å². The standard InChI is InChI=1S/C45H26N6/c1-47-45(28-46)39-21-19-29-11-8-9-17-37(29)41(39)38-20-18-32(26-40(38)45)34-23-35(33-16-10-22-48-27-33)25-36(24-34)44-50-42(30-12-4-2-5-13-30)49-43(51-44)31-14-6-3-7-15-31/h2-27H. The van der Waals surface area contributed by atoms with Gasteiger partial charge in [-0.1, -0.05) is 109 Å². The molecule has 0 bridgehead atoms. The molecule has 236 valence electrons. The van der Waals surface area contributed by atoms with Gasteiger partial charge in [0.05, 0.1) is 11.1 Å². The largest absolute Gasteiger partial charge is 0.367 e. The molecule has 6 nitrogen and oxygen atoms in total. The topological polar surface area (TPSA) is 79.7 Å². The third-order valence-corrected chi connectivity index (χ3v) is 9.55. The Labute approximate surface area is 294 Å². The molecule has 0 saturated heterocycles. The minimum Gasteiger partial charge on any atom is -0.283 e. The summed E-state index contributed by atoms with van der Waals surface area (Å²) in [6.45, 7) is 8.34. The number of hydrogen-bond donors (Lipinski definition) is 0. The molecule has 9 rings (SSSR count). The van der Waals surface area contributed by atoms with Gasteiger partial charge in [-0.05, 0) is 69.4 Å². The zero-order valence-electron chi connectivity index (χ0n) is 27.2. The summed E-state index contributed by atoms with van der Waals surface area (Å²) in [5.41, 5.74) is 8.04. The number of aromatic nitrogens is 4. The molecule has 51 heavy (non-hydrogen) atoms. The highest BCUT2D eigenvalue weighted by molar-refractivity contribution is 6.04. The molecule has 1 aliphatic rings. The maximum Gasteiger partial charge on any atom is 0.367 e. The third kappa shape index (κ3) is 4.94. The molecule has 0 amide bonds. The lowest BCUT2D eigenvalue weighted by atomic mass is 9.87. The molecule has 1 unspecified atom stereocenters. The molecular weight excluding hydrogens is 625 g/mol. The van der Waals surface area contributed by atoms with Crippen molar-refractivity contribution in [2.24, 2.45) is 0 Å². The first kappa shape index (κ1) is 29.8. The van der Waals surface area contributed by atoms with Crippen molar-refractivity contribution in [3.05, 3.63) is 181 Å². The van der Waals surface area contributed by atoms with Crippen LogP contribution in [-0.4, -0.2) is 19.9 Å². The Kier molecular flexibility index (Phi) is 7.02. The van der Waals surface area contributed by atoms with Gasteiger partial charge in [-0.15, -0.1) is 0 Å². The number of pyridine rings is 1. The van der Waals surface area contributed by atoms with Crippen molar-refractivity contribution in [3.63, 3.8) is 0 Å². The third-order valence-electron chi connectivity index (χ3n) is 9.55. The van der Waals surface area contributed by atoms with E-state index >= 15 is 0 Å². The van der Waals surface area contributed by atoms with E-state index in [1.165, 1.54) is 0 Å². The van der Waals surface area contributed by atoms with Crippen LogP contribution in [0, 0.1) is 17.9 Å². The van der Waals surface area contributed by atoms with Gasteiger partial charge in [0.15, 0.2) is 23.5 Å². The molecule has 6 heteroatoms. The van der Waals surface area contributed by atoms with Crippen molar-refractivity contribution in [1.82, 2.24) is 19.9 Å². The van der Waals surface area contributed by atoms with Gasteiger partial charge in [0, 0.05) is 40.2 Å². The Morgan fingerprint density at radius 2 is 1.14 bits per heavy atom. The van der Waals surface area contributed by atoms with Crippen molar-refractivity contribution < 1.29 is 0 Å². The summed E-state index contributed by atoms with van der Waals surface area (Å²) in [5.74, 6) is 1.68. The van der Waals surface area contributed by atoms with Gasteiger partial charge < -0.3 is 0 Å². The molecular formula is C45H26N6. The van der Waals surface area contributed by atoms with Crippen LogP contribution < -0.4 is 0 Å². The molecule has 0 radical (unpaired) electrons. The van der Waals surface area contributed by atoms with E-state index < -0.39 is 5.54 Å². The van der Waals surface area contributed by atoms with E-state index in [-0.39, 0.29) is 0 Å². The van der Waals surface area contributed by atoms with E-state index in [0.717, 1.165) is 66.4 Å². The molecule has 2 heterocycles. The first-order valence-corrected chi connectivity index (χ1v) is 16.6. The van der Waals surface area contributed by atoms with Crippen LogP contribution in [0.4, 0.5) is 0 Å². The molecule has 0 fully saturated rings. The van der Waals surface area contributed by atoms with Crippen molar-refractivity contribution in [3.8, 4) is 73.6 Å². The van der Waals surface area contributed by atoms with Gasteiger partial charge in [-0.2, -0.15) is 5.26 Å². The van der Waals surface area contributed by atoms with Gasteiger partial charge >= 0.3 is 5.54 Å². The second kappa shape index (κ2) is 12.0. The van der Waals surface area contributed by atoms with Crippen LogP contribution in [-0.2, 0) is 5.54 Å². The number of nitrogens with zero attached hydrogens (tertiary/aromatic N) is 6. The molecule has 0 aliphatic heterocycles. The zero-order valence-corrected chi connectivity index (χ0v) is 27.2. The lowest BCUT2D eigenvalue weighted by molar-refractivity contribution is 0.856. The van der Waals surface area contributed by atoms with E-state index in [1.54, 1.807) is 6.20 Å². The summed E-state index contributed by atoms with van der Waals surface area (Å²) in [6, 6.07) is 50.7. The van der Waals surface area contributed by atoms with E-state index in [9.17, 15) is 5.26 Å². The highest BCUT2D eigenvalue weighted by Gasteiger charge is 2.51.